The zero-order valence-electron chi connectivity index (χ0n) is 14.5. The van der Waals surface area contributed by atoms with Crippen molar-refractivity contribution in [3.63, 3.8) is 0 Å². The summed E-state index contributed by atoms with van der Waals surface area (Å²) >= 11 is 0. The van der Waals surface area contributed by atoms with Gasteiger partial charge in [-0.1, -0.05) is 18.2 Å². The topological polar surface area (TPSA) is 67.3 Å². The maximum absolute atomic E-state index is 12.3. The molecule has 1 aliphatic heterocycles. The van der Waals surface area contributed by atoms with E-state index in [4.69, 9.17) is 4.74 Å². The van der Waals surface area contributed by atoms with Crippen molar-refractivity contribution >= 4 is 11.7 Å². The number of carbonyl (C=O) groups excluding carboxylic acids is 1. The number of hydrogen-bond donors (Lipinski definition) is 1. The molecule has 1 N–H and O–H groups in total. The molecule has 1 amide bonds. The van der Waals surface area contributed by atoms with Crippen LogP contribution in [0.15, 0.2) is 42.6 Å². The van der Waals surface area contributed by atoms with Crippen LogP contribution in [0.4, 0.5) is 5.82 Å². The molecule has 1 aromatic heterocycles. The summed E-state index contributed by atoms with van der Waals surface area (Å²) in [7, 11) is 0. The van der Waals surface area contributed by atoms with Crippen molar-refractivity contribution in [2.24, 2.45) is 0 Å². The summed E-state index contributed by atoms with van der Waals surface area (Å²) in [6.45, 7) is 3.95. The third kappa shape index (κ3) is 4.92. The summed E-state index contributed by atoms with van der Waals surface area (Å²) < 4.78 is 5.72. The van der Waals surface area contributed by atoms with Crippen molar-refractivity contribution in [2.45, 2.75) is 32.2 Å². The fourth-order valence-electron chi connectivity index (χ4n) is 2.99. The van der Waals surface area contributed by atoms with Gasteiger partial charge in [-0.3, -0.25) is 4.79 Å². The lowest BCUT2D eigenvalue weighted by Crippen LogP contribution is -2.42. The summed E-state index contributed by atoms with van der Waals surface area (Å²) in [6, 6.07) is 12.0. The number of hydrogen-bond acceptors (Lipinski definition) is 5. The van der Waals surface area contributed by atoms with Crippen molar-refractivity contribution in [3.05, 3.63) is 48.2 Å². The predicted octanol–water partition coefficient (Wildman–Crippen LogP) is 2.66. The van der Waals surface area contributed by atoms with Crippen LogP contribution >= 0.6 is 0 Å². The number of para-hydroxylation sites is 1. The number of amides is 1. The molecule has 2 aromatic rings. The molecule has 0 spiro atoms. The Morgan fingerprint density at radius 2 is 2.04 bits per heavy atom. The van der Waals surface area contributed by atoms with Crippen molar-refractivity contribution < 1.29 is 9.53 Å². The highest BCUT2D eigenvalue weighted by Gasteiger charge is 2.22. The van der Waals surface area contributed by atoms with Gasteiger partial charge < -0.3 is 15.0 Å². The Bertz CT molecular complexity index is 685. The highest BCUT2D eigenvalue weighted by molar-refractivity contribution is 5.76. The first-order chi connectivity index (χ1) is 12.2. The van der Waals surface area contributed by atoms with Crippen LogP contribution in [0.1, 0.15) is 24.8 Å². The Hall–Kier alpha value is -2.63. The van der Waals surface area contributed by atoms with Gasteiger partial charge in [0.05, 0.1) is 13.0 Å². The van der Waals surface area contributed by atoms with E-state index in [9.17, 15) is 4.79 Å². The molecular weight excluding hydrogens is 316 g/mol. The zero-order valence-corrected chi connectivity index (χ0v) is 14.5. The number of ether oxygens (including phenoxy) is 1. The number of piperidine rings is 1. The van der Waals surface area contributed by atoms with Gasteiger partial charge in [0.1, 0.15) is 11.6 Å². The molecule has 6 nitrogen and oxygen atoms in total. The lowest BCUT2D eigenvalue weighted by atomic mass is 10.0. The first kappa shape index (κ1) is 17.2. The monoisotopic (exact) mass is 340 g/mol. The summed E-state index contributed by atoms with van der Waals surface area (Å²) in [6.07, 6.45) is 3.91. The van der Waals surface area contributed by atoms with Gasteiger partial charge in [-0.25, -0.2) is 0 Å². The number of benzene rings is 1. The summed E-state index contributed by atoms with van der Waals surface area (Å²) in [5.41, 5.74) is 1.09. The number of aromatic nitrogens is 2. The molecule has 0 unspecified atom stereocenters. The molecule has 1 saturated heterocycles. The average molecular weight is 340 g/mol. The van der Waals surface area contributed by atoms with E-state index in [0.29, 0.717) is 19.1 Å². The summed E-state index contributed by atoms with van der Waals surface area (Å²) in [4.78, 5) is 14.3. The highest BCUT2D eigenvalue weighted by Crippen LogP contribution is 2.18. The minimum Gasteiger partial charge on any atom is -0.493 e. The van der Waals surface area contributed by atoms with Crippen molar-refractivity contribution in [1.82, 2.24) is 15.1 Å². The van der Waals surface area contributed by atoms with E-state index >= 15 is 0 Å². The van der Waals surface area contributed by atoms with Gasteiger partial charge in [-0.2, -0.15) is 5.10 Å². The Kier molecular flexibility index (Phi) is 5.82. The predicted molar refractivity (Wildman–Crippen MR) is 96.5 cm³/mol. The third-order valence-electron chi connectivity index (χ3n) is 4.44. The molecule has 3 rings (SSSR count). The molecule has 6 heteroatoms. The van der Waals surface area contributed by atoms with E-state index < -0.39 is 0 Å². The lowest BCUT2D eigenvalue weighted by Gasteiger charge is -2.32. The number of likely N-dealkylation sites (tertiary alicyclic amines) is 1. The van der Waals surface area contributed by atoms with Gasteiger partial charge in [0.2, 0.25) is 5.91 Å². The molecule has 2 heterocycles. The van der Waals surface area contributed by atoms with Crippen LogP contribution < -0.4 is 10.1 Å². The Balaban J connectivity index is 1.39. The van der Waals surface area contributed by atoms with Crippen LogP contribution in [0.2, 0.25) is 0 Å². The maximum Gasteiger partial charge on any atom is 0.225 e. The quantitative estimate of drug-likeness (QED) is 0.876. The number of rotatable bonds is 6. The van der Waals surface area contributed by atoms with Crippen molar-refractivity contribution in [2.75, 3.05) is 25.0 Å². The fourth-order valence-corrected chi connectivity index (χ4v) is 2.99. The van der Waals surface area contributed by atoms with E-state index in [1.807, 2.05) is 48.2 Å². The molecule has 132 valence electrons. The van der Waals surface area contributed by atoms with Crippen LogP contribution in [0.5, 0.6) is 5.75 Å². The molecule has 1 aliphatic rings. The SMILES string of the molecule is Cc1ccccc1OCCC(=O)N1CCC(Nc2cccnn2)CC1. The molecule has 25 heavy (non-hydrogen) atoms. The molecule has 0 aliphatic carbocycles. The van der Waals surface area contributed by atoms with Crippen molar-refractivity contribution in [1.29, 1.82) is 0 Å². The number of nitrogens with one attached hydrogen (secondary N) is 1. The molecule has 0 radical (unpaired) electrons. The zero-order chi connectivity index (χ0) is 17.5. The van der Waals surface area contributed by atoms with Crippen LogP contribution in [-0.2, 0) is 4.79 Å². The van der Waals surface area contributed by atoms with Crippen LogP contribution in [0.25, 0.3) is 0 Å². The summed E-state index contributed by atoms with van der Waals surface area (Å²) in [5.74, 6) is 1.80. The first-order valence-corrected chi connectivity index (χ1v) is 8.73. The minimum absolute atomic E-state index is 0.159. The van der Waals surface area contributed by atoms with Crippen LogP contribution in [-0.4, -0.2) is 46.7 Å². The van der Waals surface area contributed by atoms with Gasteiger partial charge in [0.25, 0.3) is 0 Å². The van der Waals surface area contributed by atoms with Crippen LogP contribution in [0.3, 0.4) is 0 Å². The highest BCUT2D eigenvalue weighted by atomic mass is 16.5. The average Bonchev–Trinajstić information content (AvgIpc) is 2.65. The molecule has 0 atom stereocenters. The maximum atomic E-state index is 12.3. The van der Waals surface area contributed by atoms with E-state index in [2.05, 4.69) is 15.5 Å². The normalized spacial score (nSPS) is 15.0. The number of aryl methyl sites for hydroxylation is 1. The second-order valence-electron chi connectivity index (χ2n) is 6.27. The van der Waals surface area contributed by atoms with E-state index in [1.165, 1.54) is 0 Å². The molecule has 1 fully saturated rings. The Morgan fingerprint density at radius 1 is 1.24 bits per heavy atom. The van der Waals surface area contributed by atoms with Gasteiger partial charge in [-0.05, 0) is 43.5 Å². The minimum atomic E-state index is 0.159. The van der Waals surface area contributed by atoms with Gasteiger partial charge in [0, 0.05) is 25.3 Å². The number of carbonyl (C=O) groups is 1. The van der Waals surface area contributed by atoms with E-state index in [1.54, 1.807) is 6.20 Å². The van der Waals surface area contributed by atoms with Crippen molar-refractivity contribution in [3.8, 4) is 5.75 Å². The largest absolute Gasteiger partial charge is 0.493 e. The number of nitrogens with zero attached hydrogens (tertiary/aromatic N) is 3. The second-order valence-corrected chi connectivity index (χ2v) is 6.27. The van der Waals surface area contributed by atoms with Gasteiger partial charge in [-0.15, -0.1) is 5.10 Å². The third-order valence-corrected chi connectivity index (χ3v) is 4.44. The van der Waals surface area contributed by atoms with Gasteiger partial charge >= 0.3 is 0 Å². The second kappa shape index (κ2) is 8.46. The molecular formula is C19H24N4O2. The fraction of sp³-hybridized carbons (Fsp3) is 0.421. The molecule has 1 aromatic carbocycles. The Labute approximate surface area is 148 Å². The standard InChI is InChI=1S/C19H24N4O2/c1-15-5-2-3-6-17(15)25-14-10-19(24)23-12-8-16(9-13-23)21-18-7-4-11-20-22-18/h2-7,11,16H,8-10,12-14H2,1H3,(H,21,22). The lowest BCUT2D eigenvalue weighted by molar-refractivity contribution is -0.132. The Morgan fingerprint density at radius 3 is 2.76 bits per heavy atom. The molecule has 0 saturated carbocycles. The smallest absolute Gasteiger partial charge is 0.225 e. The summed E-state index contributed by atoms with van der Waals surface area (Å²) in [5, 5.41) is 11.3. The van der Waals surface area contributed by atoms with Gasteiger partial charge in [0.15, 0.2) is 0 Å². The van der Waals surface area contributed by atoms with E-state index in [-0.39, 0.29) is 5.91 Å². The van der Waals surface area contributed by atoms with Crippen LogP contribution in [0, 0.1) is 6.92 Å². The van der Waals surface area contributed by atoms with E-state index in [0.717, 1.165) is 43.1 Å². The number of anilines is 1. The first-order valence-electron chi connectivity index (χ1n) is 8.73. The molecule has 0 bridgehead atoms.